The average molecular weight is 253 g/mol. The maximum atomic E-state index is 9.89. The van der Waals surface area contributed by atoms with Gasteiger partial charge < -0.3 is 19.9 Å². The van der Waals surface area contributed by atoms with Crippen LogP contribution in [0.15, 0.2) is 18.2 Å². The summed E-state index contributed by atoms with van der Waals surface area (Å²) in [5.41, 5.74) is 0.108. The molecule has 2 N–H and O–H groups in total. The zero-order valence-corrected chi connectivity index (χ0v) is 11.8. The Morgan fingerprint density at radius 3 is 2.50 bits per heavy atom. The summed E-state index contributed by atoms with van der Waals surface area (Å²) in [4.78, 5) is 0. The minimum atomic E-state index is -0.786. The molecule has 0 fully saturated rings. The monoisotopic (exact) mass is 253 g/mol. The Balaban J connectivity index is 2.85. The lowest BCUT2D eigenvalue weighted by Crippen LogP contribution is -2.39. The van der Waals surface area contributed by atoms with Crippen molar-refractivity contribution in [3.8, 4) is 11.5 Å². The van der Waals surface area contributed by atoms with Gasteiger partial charge in [0.25, 0.3) is 0 Å². The van der Waals surface area contributed by atoms with Crippen molar-refractivity contribution in [3.05, 3.63) is 18.2 Å². The van der Waals surface area contributed by atoms with Gasteiger partial charge in [-0.25, -0.2) is 0 Å². The van der Waals surface area contributed by atoms with Crippen molar-refractivity contribution < 1.29 is 14.6 Å². The quantitative estimate of drug-likeness (QED) is 0.818. The van der Waals surface area contributed by atoms with Gasteiger partial charge in [-0.15, -0.1) is 0 Å². The second-order valence-corrected chi connectivity index (χ2v) is 4.82. The lowest BCUT2D eigenvalue weighted by molar-refractivity contribution is 0.0649. The van der Waals surface area contributed by atoms with Crippen molar-refractivity contribution in [2.45, 2.75) is 39.3 Å². The molecule has 0 spiro atoms. The van der Waals surface area contributed by atoms with E-state index in [2.05, 4.69) is 5.32 Å². The molecule has 0 bridgehead atoms. The van der Waals surface area contributed by atoms with Crippen LogP contribution in [0.1, 0.15) is 27.7 Å². The second kappa shape index (κ2) is 5.96. The number of anilines is 1. The molecule has 1 atom stereocenters. The highest BCUT2D eigenvalue weighted by Gasteiger charge is 2.22. The lowest BCUT2D eigenvalue weighted by Gasteiger charge is -2.27. The fourth-order valence-electron chi connectivity index (χ4n) is 1.46. The van der Waals surface area contributed by atoms with E-state index in [4.69, 9.17) is 9.47 Å². The van der Waals surface area contributed by atoms with Crippen molar-refractivity contribution in [2.24, 2.45) is 0 Å². The van der Waals surface area contributed by atoms with Gasteiger partial charge in [-0.3, -0.25) is 0 Å². The Bertz CT molecular complexity index is 385. The van der Waals surface area contributed by atoms with E-state index in [1.54, 1.807) is 21.0 Å². The molecule has 4 heteroatoms. The summed E-state index contributed by atoms with van der Waals surface area (Å²) in [6.45, 7) is 8.01. The van der Waals surface area contributed by atoms with E-state index in [1.807, 2.05) is 32.0 Å². The Morgan fingerprint density at radius 1 is 1.33 bits per heavy atom. The summed E-state index contributed by atoms with van der Waals surface area (Å²) in [6.07, 6.45) is 0. The molecular formula is C14H23NO3. The van der Waals surface area contributed by atoms with Gasteiger partial charge in [0.05, 0.1) is 25.4 Å². The van der Waals surface area contributed by atoms with Crippen molar-refractivity contribution in [2.75, 3.05) is 19.0 Å². The third-order valence-electron chi connectivity index (χ3n) is 2.91. The van der Waals surface area contributed by atoms with E-state index >= 15 is 0 Å². The number of hydrogen-bond donors (Lipinski definition) is 2. The number of aliphatic hydroxyl groups is 1. The zero-order chi connectivity index (χ0) is 13.8. The molecule has 0 aliphatic carbocycles. The maximum absolute atomic E-state index is 9.89. The molecule has 102 valence electrons. The van der Waals surface area contributed by atoms with Crippen LogP contribution in [0.4, 0.5) is 5.69 Å². The smallest absolute Gasteiger partial charge is 0.162 e. The topological polar surface area (TPSA) is 50.7 Å². The fraction of sp³-hybridized carbons (Fsp3) is 0.571. The molecule has 1 rings (SSSR count). The van der Waals surface area contributed by atoms with Gasteiger partial charge in [0.15, 0.2) is 11.5 Å². The van der Waals surface area contributed by atoms with E-state index in [0.717, 1.165) is 11.4 Å². The van der Waals surface area contributed by atoms with Crippen LogP contribution in [-0.2, 0) is 0 Å². The van der Waals surface area contributed by atoms with Gasteiger partial charge >= 0.3 is 0 Å². The number of benzene rings is 1. The molecule has 0 aromatic heterocycles. The maximum Gasteiger partial charge on any atom is 0.162 e. The normalized spacial score (nSPS) is 13.0. The molecule has 0 saturated carbocycles. The predicted molar refractivity (Wildman–Crippen MR) is 73.5 cm³/mol. The van der Waals surface area contributed by atoms with Crippen LogP contribution in [0.25, 0.3) is 0 Å². The first-order valence-electron chi connectivity index (χ1n) is 6.18. The predicted octanol–water partition coefficient (Wildman–Crippen LogP) is 2.67. The largest absolute Gasteiger partial charge is 0.493 e. The summed E-state index contributed by atoms with van der Waals surface area (Å²) in [6, 6.07) is 5.57. The lowest BCUT2D eigenvalue weighted by atomic mass is 10.0. The highest BCUT2D eigenvalue weighted by Crippen LogP contribution is 2.30. The van der Waals surface area contributed by atoms with E-state index in [1.165, 1.54) is 0 Å². The van der Waals surface area contributed by atoms with Gasteiger partial charge in [-0.05, 0) is 39.8 Å². The average Bonchev–Trinajstić information content (AvgIpc) is 2.30. The number of ether oxygens (including phenoxy) is 2. The van der Waals surface area contributed by atoms with E-state index in [-0.39, 0.29) is 6.04 Å². The molecule has 18 heavy (non-hydrogen) atoms. The van der Waals surface area contributed by atoms with Gasteiger partial charge in [0.2, 0.25) is 0 Å². The number of methoxy groups -OCH3 is 1. The van der Waals surface area contributed by atoms with E-state index in [9.17, 15) is 5.11 Å². The molecule has 1 unspecified atom stereocenters. The van der Waals surface area contributed by atoms with Crippen LogP contribution >= 0.6 is 0 Å². The van der Waals surface area contributed by atoms with Gasteiger partial charge in [-0.2, -0.15) is 0 Å². The van der Waals surface area contributed by atoms with Gasteiger partial charge in [-0.1, -0.05) is 0 Å². The Kier molecular flexibility index (Phi) is 4.84. The van der Waals surface area contributed by atoms with Crippen LogP contribution in [0, 0.1) is 0 Å². The first-order valence-corrected chi connectivity index (χ1v) is 6.18. The number of hydrogen-bond acceptors (Lipinski definition) is 4. The van der Waals surface area contributed by atoms with Crippen LogP contribution in [0.5, 0.6) is 11.5 Å². The van der Waals surface area contributed by atoms with Gasteiger partial charge in [0, 0.05) is 11.8 Å². The summed E-state index contributed by atoms with van der Waals surface area (Å²) >= 11 is 0. The molecule has 0 heterocycles. The first-order chi connectivity index (χ1) is 8.38. The molecule has 0 aliphatic heterocycles. The van der Waals surface area contributed by atoms with Crippen molar-refractivity contribution >= 4 is 5.69 Å². The third kappa shape index (κ3) is 3.81. The highest BCUT2D eigenvalue weighted by molar-refractivity contribution is 5.55. The standard InChI is InChI=1S/C14H23NO3/c1-6-18-12-8-7-11(9-13(12)17-5)15-10(2)14(3,4)16/h7-10,15-16H,6H2,1-5H3. The molecule has 1 aromatic carbocycles. The summed E-state index contributed by atoms with van der Waals surface area (Å²) in [7, 11) is 1.61. The first kappa shape index (κ1) is 14.6. The van der Waals surface area contributed by atoms with Crippen molar-refractivity contribution in [1.29, 1.82) is 0 Å². The molecule has 0 radical (unpaired) electrons. The highest BCUT2D eigenvalue weighted by atomic mass is 16.5. The van der Waals surface area contributed by atoms with E-state index in [0.29, 0.717) is 12.4 Å². The van der Waals surface area contributed by atoms with Gasteiger partial charge in [0.1, 0.15) is 0 Å². The third-order valence-corrected chi connectivity index (χ3v) is 2.91. The Hall–Kier alpha value is -1.42. The summed E-state index contributed by atoms with van der Waals surface area (Å²) in [5.74, 6) is 1.41. The molecular weight excluding hydrogens is 230 g/mol. The molecule has 4 nitrogen and oxygen atoms in total. The van der Waals surface area contributed by atoms with Crippen LogP contribution in [0.3, 0.4) is 0 Å². The summed E-state index contributed by atoms with van der Waals surface area (Å²) < 4.78 is 10.7. The van der Waals surface area contributed by atoms with Crippen LogP contribution in [0.2, 0.25) is 0 Å². The Labute approximate surface area is 109 Å². The van der Waals surface area contributed by atoms with Crippen molar-refractivity contribution in [1.82, 2.24) is 0 Å². The number of nitrogens with one attached hydrogen (secondary N) is 1. The number of rotatable bonds is 6. The molecule has 0 saturated heterocycles. The van der Waals surface area contributed by atoms with Crippen LogP contribution < -0.4 is 14.8 Å². The SMILES string of the molecule is CCOc1ccc(NC(C)C(C)(C)O)cc1OC. The minimum Gasteiger partial charge on any atom is -0.493 e. The van der Waals surface area contributed by atoms with E-state index < -0.39 is 5.60 Å². The molecule has 0 amide bonds. The zero-order valence-electron chi connectivity index (χ0n) is 11.8. The summed E-state index contributed by atoms with van der Waals surface area (Å²) in [5, 5.41) is 13.1. The molecule has 1 aromatic rings. The minimum absolute atomic E-state index is 0.0693. The molecule has 0 aliphatic rings. The fourth-order valence-corrected chi connectivity index (χ4v) is 1.46. The second-order valence-electron chi connectivity index (χ2n) is 4.82. The van der Waals surface area contributed by atoms with Crippen molar-refractivity contribution in [3.63, 3.8) is 0 Å². The van der Waals surface area contributed by atoms with Crippen LogP contribution in [-0.4, -0.2) is 30.5 Å². The Morgan fingerprint density at radius 2 is 2.00 bits per heavy atom.